The first-order valence-corrected chi connectivity index (χ1v) is 10.2. The molecule has 0 aliphatic carbocycles. The van der Waals surface area contributed by atoms with Gasteiger partial charge in [0.15, 0.2) is 10.8 Å². The molecular weight excluding hydrogens is 378 g/mol. The van der Waals surface area contributed by atoms with Crippen LogP contribution in [0, 0.1) is 0 Å². The molecule has 0 saturated carbocycles. The molecule has 1 fully saturated rings. The number of ether oxygens (including phenoxy) is 1. The van der Waals surface area contributed by atoms with Crippen LogP contribution in [0.15, 0.2) is 46.5 Å². The number of aromatic nitrogens is 4. The van der Waals surface area contributed by atoms with Crippen LogP contribution in [0.25, 0.3) is 11.0 Å². The molecule has 1 atom stereocenters. The van der Waals surface area contributed by atoms with E-state index in [0.29, 0.717) is 29.3 Å². The number of hydrogen-bond donors (Lipinski definition) is 2. The van der Waals surface area contributed by atoms with E-state index in [0.717, 1.165) is 25.0 Å². The highest BCUT2D eigenvalue weighted by Gasteiger charge is 2.17. The molecule has 1 amide bonds. The Morgan fingerprint density at radius 2 is 2.21 bits per heavy atom. The smallest absolute Gasteiger partial charge is 0.262 e. The van der Waals surface area contributed by atoms with Crippen LogP contribution < -0.4 is 10.9 Å². The molecule has 1 aliphatic rings. The van der Waals surface area contributed by atoms with Crippen molar-refractivity contribution in [2.45, 2.75) is 30.6 Å². The molecule has 3 aromatic rings. The Morgan fingerprint density at radius 3 is 3.00 bits per heavy atom. The van der Waals surface area contributed by atoms with Crippen molar-refractivity contribution >= 4 is 28.7 Å². The average molecular weight is 399 g/mol. The summed E-state index contributed by atoms with van der Waals surface area (Å²) in [6.45, 7) is 1.80. The summed E-state index contributed by atoms with van der Waals surface area (Å²) in [7, 11) is 0. The third kappa shape index (κ3) is 4.42. The van der Waals surface area contributed by atoms with Gasteiger partial charge in [-0.1, -0.05) is 42.1 Å². The van der Waals surface area contributed by atoms with E-state index in [1.54, 1.807) is 4.68 Å². The van der Waals surface area contributed by atoms with Gasteiger partial charge >= 0.3 is 0 Å². The van der Waals surface area contributed by atoms with E-state index < -0.39 is 0 Å². The summed E-state index contributed by atoms with van der Waals surface area (Å²) in [6.07, 6.45) is 3.64. The Hall–Kier alpha value is -2.65. The first-order valence-electron chi connectivity index (χ1n) is 9.20. The molecule has 0 unspecified atom stereocenters. The van der Waals surface area contributed by atoms with Crippen LogP contribution in [0.1, 0.15) is 18.4 Å². The summed E-state index contributed by atoms with van der Waals surface area (Å²) >= 11 is 1.20. The summed E-state index contributed by atoms with van der Waals surface area (Å²) in [6, 6.07) is 9.85. The molecule has 4 rings (SSSR count). The van der Waals surface area contributed by atoms with Gasteiger partial charge in [-0.25, -0.2) is 9.67 Å². The maximum absolute atomic E-state index is 12.3. The number of amides is 1. The summed E-state index contributed by atoms with van der Waals surface area (Å²) in [4.78, 5) is 31.6. The number of nitrogens with zero attached hydrogens (tertiary/aromatic N) is 3. The van der Waals surface area contributed by atoms with Crippen LogP contribution in [0.2, 0.25) is 0 Å². The third-order valence-corrected chi connectivity index (χ3v) is 5.42. The van der Waals surface area contributed by atoms with Gasteiger partial charge in [-0.2, -0.15) is 5.10 Å². The van der Waals surface area contributed by atoms with Crippen LogP contribution in [-0.2, 0) is 16.1 Å². The highest BCUT2D eigenvalue weighted by Crippen LogP contribution is 2.16. The number of rotatable bonds is 7. The molecule has 1 aromatic carbocycles. The molecule has 3 heterocycles. The zero-order chi connectivity index (χ0) is 19.3. The summed E-state index contributed by atoms with van der Waals surface area (Å²) in [5.74, 6) is 0.0644. The Bertz CT molecular complexity index is 1010. The van der Waals surface area contributed by atoms with E-state index >= 15 is 0 Å². The molecule has 146 valence electrons. The fourth-order valence-corrected chi connectivity index (χ4v) is 3.79. The van der Waals surface area contributed by atoms with Gasteiger partial charge in [-0.3, -0.25) is 9.59 Å². The Balaban J connectivity index is 1.43. The number of carbonyl (C=O) groups is 1. The molecule has 1 aliphatic heterocycles. The molecule has 2 aromatic heterocycles. The molecule has 2 N–H and O–H groups in total. The lowest BCUT2D eigenvalue weighted by atomic mass is 10.2. The zero-order valence-electron chi connectivity index (χ0n) is 15.3. The predicted molar refractivity (Wildman–Crippen MR) is 106 cm³/mol. The SMILES string of the molecule is O=C(CSc1nc2c(cnn2Cc2ccccc2)c(=O)[nH]1)NC[C@H]1CCCO1. The molecule has 0 spiro atoms. The summed E-state index contributed by atoms with van der Waals surface area (Å²) in [5, 5.41) is 7.99. The zero-order valence-corrected chi connectivity index (χ0v) is 16.1. The van der Waals surface area contributed by atoms with E-state index in [1.165, 1.54) is 18.0 Å². The van der Waals surface area contributed by atoms with E-state index in [2.05, 4.69) is 20.4 Å². The monoisotopic (exact) mass is 399 g/mol. The highest BCUT2D eigenvalue weighted by molar-refractivity contribution is 7.99. The van der Waals surface area contributed by atoms with Crippen molar-refractivity contribution in [1.82, 2.24) is 25.1 Å². The number of fused-ring (bicyclic) bond motifs is 1. The second-order valence-corrected chi connectivity index (χ2v) is 7.59. The van der Waals surface area contributed by atoms with Crippen molar-refractivity contribution in [2.75, 3.05) is 18.9 Å². The van der Waals surface area contributed by atoms with Crippen LogP contribution >= 0.6 is 11.8 Å². The number of carbonyl (C=O) groups excluding carboxylic acids is 1. The van der Waals surface area contributed by atoms with E-state index in [9.17, 15) is 9.59 Å². The van der Waals surface area contributed by atoms with Crippen LogP contribution in [0.5, 0.6) is 0 Å². The lowest BCUT2D eigenvalue weighted by Crippen LogP contribution is -2.33. The average Bonchev–Trinajstić information content (AvgIpc) is 3.36. The summed E-state index contributed by atoms with van der Waals surface area (Å²) < 4.78 is 7.19. The van der Waals surface area contributed by atoms with Gasteiger partial charge in [0.1, 0.15) is 5.39 Å². The van der Waals surface area contributed by atoms with Crippen molar-refractivity contribution < 1.29 is 9.53 Å². The predicted octanol–water partition coefficient (Wildman–Crippen LogP) is 1.56. The van der Waals surface area contributed by atoms with Gasteiger partial charge in [-0.15, -0.1) is 0 Å². The number of H-pyrrole nitrogens is 1. The molecule has 1 saturated heterocycles. The van der Waals surface area contributed by atoms with Crippen molar-refractivity contribution in [2.24, 2.45) is 0 Å². The minimum absolute atomic E-state index is 0.107. The largest absolute Gasteiger partial charge is 0.376 e. The minimum atomic E-state index is -0.258. The van der Waals surface area contributed by atoms with Gasteiger partial charge in [-0.05, 0) is 18.4 Å². The lowest BCUT2D eigenvalue weighted by molar-refractivity contribution is -0.119. The normalized spacial score (nSPS) is 16.5. The fourth-order valence-electron chi connectivity index (χ4n) is 3.10. The van der Waals surface area contributed by atoms with E-state index in [-0.39, 0.29) is 23.3 Å². The Morgan fingerprint density at radius 1 is 1.36 bits per heavy atom. The molecule has 9 heteroatoms. The number of benzene rings is 1. The van der Waals surface area contributed by atoms with E-state index in [1.807, 2.05) is 30.3 Å². The minimum Gasteiger partial charge on any atom is -0.376 e. The van der Waals surface area contributed by atoms with Crippen molar-refractivity contribution in [3.63, 3.8) is 0 Å². The Labute approximate surface area is 165 Å². The fraction of sp³-hybridized carbons (Fsp3) is 0.368. The van der Waals surface area contributed by atoms with Crippen LogP contribution in [0.3, 0.4) is 0 Å². The maximum atomic E-state index is 12.3. The highest BCUT2D eigenvalue weighted by atomic mass is 32.2. The maximum Gasteiger partial charge on any atom is 0.262 e. The van der Waals surface area contributed by atoms with E-state index in [4.69, 9.17) is 4.74 Å². The standard InChI is InChI=1S/C19H21N5O3S/c25-16(20-9-14-7-4-8-27-14)12-28-19-22-17-15(18(26)23-19)10-21-24(17)11-13-5-2-1-3-6-13/h1-3,5-6,10,14H,4,7-9,11-12H2,(H,20,25)(H,22,23,26)/t14-/m1/s1. The van der Waals surface area contributed by atoms with Gasteiger partial charge in [0.05, 0.1) is 24.6 Å². The Kier molecular flexibility index (Phi) is 5.73. The summed E-state index contributed by atoms with van der Waals surface area (Å²) in [5.41, 5.74) is 1.32. The quantitative estimate of drug-likeness (QED) is 0.462. The molecular formula is C19H21N5O3S. The molecule has 28 heavy (non-hydrogen) atoms. The van der Waals surface area contributed by atoms with Gasteiger partial charge in [0.2, 0.25) is 5.91 Å². The third-order valence-electron chi connectivity index (χ3n) is 4.55. The van der Waals surface area contributed by atoms with Gasteiger partial charge < -0.3 is 15.0 Å². The second-order valence-electron chi connectivity index (χ2n) is 6.62. The topological polar surface area (TPSA) is 102 Å². The number of nitrogens with one attached hydrogen (secondary N) is 2. The van der Waals surface area contributed by atoms with Crippen molar-refractivity contribution in [3.8, 4) is 0 Å². The second kappa shape index (κ2) is 8.57. The van der Waals surface area contributed by atoms with Crippen LogP contribution in [0.4, 0.5) is 0 Å². The van der Waals surface area contributed by atoms with Gasteiger partial charge in [0.25, 0.3) is 5.56 Å². The lowest BCUT2D eigenvalue weighted by Gasteiger charge is -2.10. The van der Waals surface area contributed by atoms with Crippen LogP contribution in [-0.4, -0.2) is 50.7 Å². The molecule has 0 radical (unpaired) electrons. The van der Waals surface area contributed by atoms with Crippen molar-refractivity contribution in [3.05, 3.63) is 52.4 Å². The number of aromatic amines is 1. The molecule has 8 nitrogen and oxygen atoms in total. The number of thioether (sulfide) groups is 1. The first-order chi connectivity index (χ1) is 13.7. The molecule has 0 bridgehead atoms. The van der Waals surface area contributed by atoms with Gasteiger partial charge in [0, 0.05) is 13.2 Å². The number of hydrogen-bond acceptors (Lipinski definition) is 6. The first kappa shape index (κ1) is 18.7. The van der Waals surface area contributed by atoms with Crippen molar-refractivity contribution in [1.29, 1.82) is 0 Å².